The van der Waals surface area contributed by atoms with E-state index in [9.17, 15) is 31.0 Å². The Morgan fingerprint density at radius 3 is 2.48 bits per heavy atom. The van der Waals surface area contributed by atoms with Gasteiger partial charge in [0.25, 0.3) is 0 Å². The van der Waals surface area contributed by atoms with Gasteiger partial charge in [0.2, 0.25) is 11.7 Å². The first-order valence-corrected chi connectivity index (χ1v) is 11.1. The first-order valence-electron chi connectivity index (χ1n) is 9.59. The van der Waals surface area contributed by atoms with E-state index >= 15 is 0 Å². The monoisotopic (exact) mass is 492 g/mol. The maximum Gasteiger partial charge on any atom is 0.419 e. The van der Waals surface area contributed by atoms with E-state index in [0.717, 1.165) is 31.3 Å². The van der Waals surface area contributed by atoms with Gasteiger partial charge in [0.1, 0.15) is 6.04 Å². The Morgan fingerprint density at radius 2 is 1.91 bits per heavy atom. The number of carbonyl (C=O) groups is 1. The van der Waals surface area contributed by atoms with Crippen LogP contribution in [0.4, 0.5) is 33.3 Å². The van der Waals surface area contributed by atoms with Crippen LogP contribution in [0.15, 0.2) is 41.3 Å². The third-order valence-corrected chi connectivity index (χ3v) is 6.43. The molecule has 3 rings (SSSR count). The van der Waals surface area contributed by atoms with Crippen molar-refractivity contribution in [2.45, 2.75) is 29.1 Å². The minimum absolute atomic E-state index is 0.215. The zero-order valence-corrected chi connectivity index (χ0v) is 18.7. The maximum atomic E-state index is 14.3. The average molecular weight is 492 g/mol. The summed E-state index contributed by atoms with van der Waals surface area (Å²) in [4.78, 5) is 14.5. The highest BCUT2D eigenvalue weighted by Gasteiger charge is 2.63. The number of anilines is 2. The lowest BCUT2D eigenvalue weighted by Crippen LogP contribution is -2.49. The number of hydrogen-bond donors (Lipinski definition) is 1. The lowest BCUT2D eigenvalue weighted by atomic mass is 9.99. The number of benzene rings is 2. The van der Waals surface area contributed by atoms with E-state index < -0.39 is 64.9 Å². The second kappa shape index (κ2) is 9.26. The molecule has 1 aliphatic heterocycles. The predicted octanol–water partition coefficient (Wildman–Crippen LogP) is 3.88. The Kier molecular flexibility index (Phi) is 6.99. The Balaban J connectivity index is 2.05. The lowest BCUT2D eigenvalue weighted by molar-refractivity contribution is -0.261. The van der Waals surface area contributed by atoms with Crippen molar-refractivity contribution < 1.29 is 40.4 Å². The maximum absolute atomic E-state index is 14.3. The third kappa shape index (κ3) is 4.67. The van der Waals surface area contributed by atoms with Gasteiger partial charge in [-0.05, 0) is 30.3 Å². The van der Waals surface area contributed by atoms with E-state index in [0.29, 0.717) is 4.90 Å². The van der Waals surface area contributed by atoms with Crippen molar-refractivity contribution in [2.75, 3.05) is 37.2 Å². The summed E-state index contributed by atoms with van der Waals surface area (Å²) in [6.45, 7) is -0.856. The van der Waals surface area contributed by atoms with Crippen molar-refractivity contribution in [3.8, 4) is 5.75 Å². The molecule has 1 saturated heterocycles. The smallest absolute Gasteiger partial charge is 0.419 e. The normalized spacial score (nSPS) is 21.7. The van der Waals surface area contributed by atoms with Gasteiger partial charge < -0.3 is 19.7 Å². The van der Waals surface area contributed by atoms with E-state index in [4.69, 9.17) is 9.47 Å². The molecule has 0 aromatic heterocycles. The van der Waals surface area contributed by atoms with E-state index in [1.165, 1.54) is 24.5 Å². The fraction of sp³-hybridized carbons (Fsp3) is 0.381. The number of hydrogen-bond acceptors (Lipinski definition) is 5. The van der Waals surface area contributed by atoms with Crippen molar-refractivity contribution in [2.24, 2.45) is 0 Å². The van der Waals surface area contributed by atoms with Crippen LogP contribution in [0, 0.1) is 11.6 Å². The van der Waals surface area contributed by atoms with E-state index in [2.05, 4.69) is 5.32 Å². The van der Waals surface area contributed by atoms with Gasteiger partial charge >= 0.3 is 6.18 Å². The molecule has 12 heteroatoms. The highest BCUT2D eigenvalue weighted by molar-refractivity contribution is 7.84. The minimum Gasteiger partial charge on any atom is -0.491 e. The fourth-order valence-corrected chi connectivity index (χ4v) is 4.31. The van der Waals surface area contributed by atoms with Gasteiger partial charge in [-0.3, -0.25) is 9.00 Å². The van der Waals surface area contributed by atoms with Gasteiger partial charge in [-0.2, -0.15) is 17.6 Å². The van der Waals surface area contributed by atoms with Crippen molar-refractivity contribution >= 4 is 28.1 Å². The number of nitrogens with zero attached hydrogens (tertiary/aromatic N) is 1. The van der Waals surface area contributed by atoms with Gasteiger partial charge in [0.05, 0.1) is 19.3 Å². The average Bonchev–Trinajstić information content (AvgIpc) is 3.17. The molecule has 3 atom stereocenters. The Labute approximate surface area is 189 Å². The van der Waals surface area contributed by atoms with Crippen LogP contribution >= 0.6 is 0 Å². The molecule has 0 aliphatic carbocycles. The SMILES string of the molecule is COc1c(N2CC(OC)(C(F)(F)F)CC2C(=O)Nc2cccc(S(C)=O)c2)ccc(F)c1F. The molecule has 2 aromatic carbocycles. The van der Waals surface area contributed by atoms with Gasteiger partial charge in [0, 0.05) is 41.2 Å². The first kappa shape index (κ1) is 24.9. The first-order chi connectivity index (χ1) is 15.4. The highest BCUT2D eigenvalue weighted by atomic mass is 32.2. The molecule has 6 nitrogen and oxygen atoms in total. The molecule has 1 fully saturated rings. The van der Waals surface area contributed by atoms with Crippen molar-refractivity contribution in [1.82, 2.24) is 0 Å². The summed E-state index contributed by atoms with van der Waals surface area (Å²) in [5, 5.41) is 2.51. The molecule has 180 valence electrons. The number of nitrogens with one attached hydrogen (secondary N) is 1. The Hall–Kier alpha value is -2.73. The number of alkyl halides is 3. The summed E-state index contributed by atoms with van der Waals surface area (Å²) in [5.41, 5.74) is -2.76. The van der Waals surface area contributed by atoms with E-state index in [1.54, 1.807) is 6.07 Å². The summed E-state index contributed by atoms with van der Waals surface area (Å²) >= 11 is 0. The van der Waals surface area contributed by atoms with Crippen LogP contribution in [-0.2, 0) is 20.3 Å². The zero-order valence-electron chi connectivity index (χ0n) is 17.8. The zero-order chi connectivity index (χ0) is 24.6. The molecule has 0 saturated carbocycles. The van der Waals surface area contributed by atoms with Gasteiger partial charge in [-0.1, -0.05) is 6.07 Å². The van der Waals surface area contributed by atoms with Crippen LogP contribution < -0.4 is 15.0 Å². The topological polar surface area (TPSA) is 67.9 Å². The molecule has 1 amide bonds. The number of amides is 1. The summed E-state index contributed by atoms with van der Waals surface area (Å²) in [7, 11) is 0.556. The molecule has 0 radical (unpaired) electrons. The lowest BCUT2D eigenvalue weighted by Gasteiger charge is -2.31. The summed E-state index contributed by atoms with van der Waals surface area (Å²) < 4.78 is 91.3. The Bertz CT molecular complexity index is 1080. The quantitative estimate of drug-likeness (QED) is 0.621. The highest BCUT2D eigenvalue weighted by Crippen LogP contribution is 2.47. The van der Waals surface area contributed by atoms with Gasteiger partial charge in [-0.15, -0.1) is 0 Å². The predicted molar refractivity (Wildman–Crippen MR) is 112 cm³/mol. The molecule has 33 heavy (non-hydrogen) atoms. The minimum atomic E-state index is -4.86. The van der Waals surface area contributed by atoms with Crippen LogP contribution in [0.2, 0.25) is 0 Å². The summed E-state index contributed by atoms with van der Waals surface area (Å²) in [5.74, 6) is -4.13. The second-order valence-corrected chi connectivity index (χ2v) is 8.81. The van der Waals surface area contributed by atoms with Crippen molar-refractivity contribution in [3.63, 3.8) is 0 Å². The van der Waals surface area contributed by atoms with Crippen LogP contribution in [0.1, 0.15) is 6.42 Å². The van der Waals surface area contributed by atoms with Gasteiger partial charge in [-0.25, -0.2) is 4.39 Å². The number of halogens is 5. The van der Waals surface area contributed by atoms with Crippen LogP contribution in [0.25, 0.3) is 0 Å². The summed E-state index contributed by atoms with van der Waals surface area (Å²) in [6.07, 6.45) is -4.23. The number of carbonyl (C=O) groups excluding carboxylic acids is 1. The second-order valence-electron chi connectivity index (χ2n) is 7.43. The van der Waals surface area contributed by atoms with Crippen LogP contribution in [0.3, 0.4) is 0 Å². The molecule has 3 unspecified atom stereocenters. The molecule has 2 aromatic rings. The molecule has 0 spiro atoms. The van der Waals surface area contributed by atoms with Gasteiger partial charge in [0.15, 0.2) is 17.2 Å². The molecule has 0 bridgehead atoms. The molecular formula is C21H21F5N2O4S. The largest absolute Gasteiger partial charge is 0.491 e. The number of rotatable bonds is 6. The van der Waals surface area contributed by atoms with E-state index in [-0.39, 0.29) is 11.4 Å². The van der Waals surface area contributed by atoms with Crippen molar-refractivity contribution in [3.05, 3.63) is 48.0 Å². The molecular weight excluding hydrogens is 471 g/mol. The van der Waals surface area contributed by atoms with Crippen LogP contribution in [0.5, 0.6) is 5.75 Å². The third-order valence-electron chi connectivity index (χ3n) is 5.51. The van der Waals surface area contributed by atoms with E-state index in [1.807, 2.05) is 0 Å². The summed E-state index contributed by atoms with van der Waals surface area (Å²) in [6, 6.07) is 6.33. The standard InChI is InChI=1S/C21H21F5N2O4S/c1-31-18-15(8-7-14(22)17(18)23)28-11-20(32-2,21(24,25)26)10-16(28)19(29)27-12-5-4-6-13(9-12)33(3)30/h4-9,16H,10-11H2,1-3H3,(H,27,29). The fourth-order valence-electron chi connectivity index (χ4n) is 3.75. The Morgan fingerprint density at radius 1 is 1.21 bits per heavy atom. The van der Waals surface area contributed by atoms with Crippen molar-refractivity contribution in [1.29, 1.82) is 0 Å². The molecule has 1 heterocycles. The molecule has 1 aliphatic rings. The van der Waals surface area contributed by atoms with Crippen LogP contribution in [-0.4, -0.2) is 55.0 Å². The number of ether oxygens (including phenoxy) is 2. The molecule has 1 N–H and O–H groups in total. The number of methoxy groups -OCH3 is 2.